The number of nitrogens with zero attached hydrogens (tertiary/aromatic N) is 2. The van der Waals surface area contributed by atoms with Gasteiger partial charge >= 0.3 is 0 Å². The molecule has 0 atom stereocenters. The van der Waals surface area contributed by atoms with Crippen molar-refractivity contribution in [1.82, 2.24) is 9.80 Å². The number of thiophene rings is 1. The van der Waals surface area contributed by atoms with Gasteiger partial charge in [0.1, 0.15) is 5.75 Å². The monoisotopic (exact) mass is 440 g/mol. The Labute approximate surface area is 178 Å². The summed E-state index contributed by atoms with van der Waals surface area (Å²) in [6.45, 7) is 4.67. The van der Waals surface area contributed by atoms with E-state index in [2.05, 4.69) is 0 Å². The highest BCUT2D eigenvalue weighted by atomic mass is 35.5. The molecule has 0 unspecified atom stereocenters. The number of ether oxygens (including phenoxy) is 1. The standard InChI is InChI=1S/C20H22Cl2N2O3S/c1-14-4-7-18(28-14)20(26)24-10-8-23(9-11-24)19(25)3-2-12-27-17-6-5-15(21)13-16(17)22/h4-7,13H,2-3,8-12H2,1H3. The molecule has 1 saturated heterocycles. The summed E-state index contributed by atoms with van der Waals surface area (Å²) in [7, 11) is 0. The predicted molar refractivity (Wildman–Crippen MR) is 113 cm³/mol. The second-order valence-electron chi connectivity index (χ2n) is 6.61. The number of hydrogen-bond acceptors (Lipinski definition) is 4. The summed E-state index contributed by atoms with van der Waals surface area (Å²) in [6, 6.07) is 8.88. The van der Waals surface area contributed by atoms with Crippen LogP contribution in [0.5, 0.6) is 5.75 Å². The van der Waals surface area contributed by atoms with E-state index in [1.165, 1.54) is 11.3 Å². The van der Waals surface area contributed by atoms with Crippen LogP contribution in [0.1, 0.15) is 27.4 Å². The molecule has 150 valence electrons. The van der Waals surface area contributed by atoms with E-state index < -0.39 is 0 Å². The average molecular weight is 441 g/mol. The summed E-state index contributed by atoms with van der Waals surface area (Å²) >= 11 is 13.4. The van der Waals surface area contributed by atoms with Crippen molar-refractivity contribution >= 4 is 46.4 Å². The maximum atomic E-state index is 12.5. The number of piperazine rings is 1. The minimum absolute atomic E-state index is 0.0541. The first kappa shape index (κ1) is 21.0. The molecule has 28 heavy (non-hydrogen) atoms. The normalized spacial score (nSPS) is 14.2. The maximum absolute atomic E-state index is 12.5. The smallest absolute Gasteiger partial charge is 0.264 e. The number of carbonyl (C=O) groups is 2. The van der Waals surface area contributed by atoms with Gasteiger partial charge in [-0.05, 0) is 43.7 Å². The summed E-state index contributed by atoms with van der Waals surface area (Å²) in [5.74, 6) is 0.706. The molecule has 1 aliphatic heterocycles. The Kier molecular flexibility index (Phi) is 7.21. The predicted octanol–water partition coefficient (Wildman–Crippen LogP) is 4.51. The topological polar surface area (TPSA) is 49.9 Å². The van der Waals surface area contributed by atoms with Gasteiger partial charge in [0.25, 0.3) is 5.91 Å². The second kappa shape index (κ2) is 9.63. The van der Waals surface area contributed by atoms with Crippen molar-refractivity contribution in [3.63, 3.8) is 0 Å². The lowest BCUT2D eigenvalue weighted by Gasteiger charge is -2.34. The van der Waals surface area contributed by atoms with Gasteiger partial charge in [-0.25, -0.2) is 0 Å². The lowest BCUT2D eigenvalue weighted by molar-refractivity contribution is -0.132. The largest absolute Gasteiger partial charge is 0.492 e. The third-order valence-electron chi connectivity index (χ3n) is 4.56. The van der Waals surface area contributed by atoms with E-state index in [9.17, 15) is 9.59 Å². The van der Waals surface area contributed by atoms with E-state index >= 15 is 0 Å². The molecule has 1 aliphatic rings. The van der Waals surface area contributed by atoms with Crippen molar-refractivity contribution in [2.24, 2.45) is 0 Å². The fourth-order valence-electron chi connectivity index (χ4n) is 3.02. The fourth-order valence-corrected chi connectivity index (χ4v) is 4.32. The van der Waals surface area contributed by atoms with Gasteiger partial charge in [0.05, 0.1) is 16.5 Å². The number of rotatable bonds is 6. The van der Waals surface area contributed by atoms with Crippen molar-refractivity contribution in [2.75, 3.05) is 32.8 Å². The lowest BCUT2D eigenvalue weighted by atomic mass is 10.2. The Hall–Kier alpha value is -1.76. The average Bonchev–Trinajstić information content (AvgIpc) is 3.12. The summed E-state index contributed by atoms with van der Waals surface area (Å²) in [6.07, 6.45) is 1.01. The molecule has 8 heteroatoms. The molecule has 0 radical (unpaired) electrons. The van der Waals surface area contributed by atoms with Gasteiger partial charge in [0, 0.05) is 42.5 Å². The van der Waals surface area contributed by atoms with Crippen LogP contribution in [0, 0.1) is 6.92 Å². The van der Waals surface area contributed by atoms with Gasteiger partial charge in [-0.1, -0.05) is 23.2 Å². The van der Waals surface area contributed by atoms with E-state index in [1.54, 1.807) is 18.2 Å². The number of carbonyl (C=O) groups excluding carboxylic acids is 2. The SMILES string of the molecule is Cc1ccc(C(=O)N2CCN(C(=O)CCCOc3ccc(Cl)cc3Cl)CC2)s1. The van der Waals surface area contributed by atoms with E-state index in [-0.39, 0.29) is 11.8 Å². The Morgan fingerprint density at radius 2 is 1.79 bits per heavy atom. The van der Waals surface area contributed by atoms with Crippen LogP contribution in [0.25, 0.3) is 0 Å². The first-order valence-electron chi connectivity index (χ1n) is 9.15. The zero-order valence-electron chi connectivity index (χ0n) is 15.6. The Morgan fingerprint density at radius 1 is 1.07 bits per heavy atom. The Morgan fingerprint density at radius 3 is 2.43 bits per heavy atom. The summed E-state index contributed by atoms with van der Waals surface area (Å²) in [4.78, 5) is 30.4. The maximum Gasteiger partial charge on any atom is 0.264 e. The minimum atomic E-state index is 0.0541. The highest BCUT2D eigenvalue weighted by Crippen LogP contribution is 2.27. The highest BCUT2D eigenvalue weighted by Gasteiger charge is 2.25. The zero-order valence-corrected chi connectivity index (χ0v) is 17.9. The molecule has 0 N–H and O–H groups in total. The number of amides is 2. The van der Waals surface area contributed by atoms with Gasteiger partial charge in [-0.2, -0.15) is 0 Å². The molecule has 0 spiro atoms. The van der Waals surface area contributed by atoms with Crippen LogP contribution in [0.15, 0.2) is 30.3 Å². The van der Waals surface area contributed by atoms with E-state index in [1.807, 2.05) is 28.9 Å². The van der Waals surface area contributed by atoms with Gasteiger partial charge in [0.2, 0.25) is 5.91 Å². The zero-order chi connectivity index (χ0) is 20.1. The number of hydrogen-bond donors (Lipinski definition) is 0. The van der Waals surface area contributed by atoms with E-state index in [0.29, 0.717) is 61.4 Å². The van der Waals surface area contributed by atoms with Crippen molar-refractivity contribution in [3.8, 4) is 5.75 Å². The molecule has 2 heterocycles. The minimum Gasteiger partial charge on any atom is -0.492 e. The molecular weight excluding hydrogens is 419 g/mol. The first-order chi connectivity index (χ1) is 13.4. The molecule has 2 amide bonds. The molecule has 1 aromatic heterocycles. The van der Waals surface area contributed by atoms with Crippen molar-refractivity contribution in [2.45, 2.75) is 19.8 Å². The summed E-state index contributed by atoms with van der Waals surface area (Å²) in [5, 5.41) is 1.01. The molecular formula is C20H22Cl2N2O3S. The van der Waals surface area contributed by atoms with Crippen molar-refractivity contribution < 1.29 is 14.3 Å². The first-order valence-corrected chi connectivity index (χ1v) is 10.7. The molecule has 0 saturated carbocycles. The van der Waals surface area contributed by atoms with Gasteiger partial charge in [-0.3, -0.25) is 9.59 Å². The molecule has 3 rings (SSSR count). The number of aryl methyl sites for hydroxylation is 1. The summed E-state index contributed by atoms with van der Waals surface area (Å²) in [5.41, 5.74) is 0. The van der Waals surface area contributed by atoms with Gasteiger partial charge in [-0.15, -0.1) is 11.3 Å². The third kappa shape index (κ3) is 5.40. The Bertz CT molecular complexity index is 848. The molecule has 0 bridgehead atoms. The molecule has 5 nitrogen and oxygen atoms in total. The molecule has 1 aromatic carbocycles. The lowest BCUT2D eigenvalue weighted by Crippen LogP contribution is -2.50. The van der Waals surface area contributed by atoms with Gasteiger partial charge in [0.15, 0.2) is 0 Å². The van der Waals surface area contributed by atoms with Crippen LogP contribution in [0.2, 0.25) is 10.0 Å². The fraction of sp³-hybridized carbons (Fsp3) is 0.400. The highest BCUT2D eigenvalue weighted by molar-refractivity contribution is 7.13. The number of halogens is 2. The van der Waals surface area contributed by atoms with Crippen LogP contribution in [-0.2, 0) is 4.79 Å². The van der Waals surface area contributed by atoms with E-state index in [4.69, 9.17) is 27.9 Å². The summed E-state index contributed by atoms with van der Waals surface area (Å²) < 4.78 is 5.62. The molecule has 2 aromatic rings. The van der Waals surface area contributed by atoms with E-state index in [0.717, 1.165) is 9.75 Å². The molecule has 1 fully saturated rings. The van der Waals surface area contributed by atoms with Crippen molar-refractivity contribution in [3.05, 3.63) is 50.1 Å². The van der Waals surface area contributed by atoms with Crippen molar-refractivity contribution in [1.29, 1.82) is 0 Å². The van der Waals surface area contributed by atoms with Crippen LogP contribution >= 0.6 is 34.5 Å². The van der Waals surface area contributed by atoms with Crippen LogP contribution in [0.3, 0.4) is 0 Å². The van der Waals surface area contributed by atoms with Gasteiger partial charge < -0.3 is 14.5 Å². The second-order valence-corrected chi connectivity index (χ2v) is 8.74. The Balaban J connectivity index is 1.38. The third-order valence-corrected chi connectivity index (χ3v) is 6.08. The quantitative estimate of drug-likeness (QED) is 0.620. The van der Waals surface area contributed by atoms with Crippen LogP contribution in [-0.4, -0.2) is 54.4 Å². The van der Waals surface area contributed by atoms with Crippen LogP contribution < -0.4 is 4.74 Å². The number of benzene rings is 1. The van der Waals surface area contributed by atoms with Crippen LogP contribution in [0.4, 0.5) is 0 Å². The molecule has 0 aliphatic carbocycles.